The van der Waals surface area contributed by atoms with Gasteiger partial charge in [-0.2, -0.15) is 0 Å². The number of hydrogen-bond donors (Lipinski definition) is 1. The van der Waals surface area contributed by atoms with Gasteiger partial charge >= 0.3 is 0 Å². The lowest BCUT2D eigenvalue weighted by Crippen LogP contribution is -2.24. The number of aryl methyl sites for hydroxylation is 2. The molecule has 1 N–H and O–H groups in total. The SMILES string of the molecule is Cc1ccc(S(=O)(=O)NCc2cccc(CBr)c2)c(C)c1. The van der Waals surface area contributed by atoms with Crippen LogP contribution in [0.25, 0.3) is 0 Å². The van der Waals surface area contributed by atoms with Gasteiger partial charge in [-0.15, -0.1) is 0 Å². The molecule has 2 aromatic carbocycles. The first-order valence-corrected chi connectivity index (χ1v) is 9.23. The van der Waals surface area contributed by atoms with E-state index in [2.05, 4.69) is 20.7 Å². The average Bonchev–Trinajstić information content (AvgIpc) is 2.45. The Labute approximate surface area is 134 Å². The van der Waals surface area contributed by atoms with Crippen LogP contribution in [0.15, 0.2) is 47.4 Å². The molecule has 0 aliphatic carbocycles. The Kier molecular flexibility index (Phi) is 5.19. The number of nitrogens with one attached hydrogen (secondary N) is 1. The third-order valence-corrected chi connectivity index (χ3v) is 5.44. The number of hydrogen-bond acceptors (Lipinski definition) is 2. The van der Waals surface area contributed by atoms with Gasteiger partial charge in [0.05, 0.1) is 4.90 Å². The second kappa shape index (κ2) is 6.73. The Bertz CT molecular complexity index is 742. The van der Waals surface area contributed by atoms with Crippen molar-refractivity contribution in [2.75, 3.05) is 0 Å². The average molecular weight is 368 g/mol. The predicted molar refractivity (Wildman–Crippen MR) is 89.0 cm³/mol. The molecule has 112 valence electrons. The van der Waals surface area contributed by atoms with Gasteiger partial charge in [0, 0.05) is 11.9 Å². The zero-order chi connectivity index (χ0) is 15.5. The molecule has 21 heavy (non-hydrogen) atoms. The molecule has 0 fully saturated rings. The summed E-state index contributed by atoms with van der Waals surface area (Å²) in [6.07, 6.45) is 0. The molecule has 0 radical (unpaired) electrons. The lowest BCUT2D eigenvalue weighted by Gasteiger charge is -2.10. The summed E-state index contributed by atoms with van der Waals surface area (Å²) in [7, 11) is -3.49. The molecule has 0 spiro atoms. The predicted octanol–water partition coefficient (Wildman–Crippen LogP) is 3.68. The Hall–Kier alpha value is -1.17. The van der Waals surface area contributed by atoms with Gasteiger partial charge in [-0.05, 0) is 36.6 Å². The van der Waals surface area contributed by atoms with E-state index in [1.165, 1.54) is 0 Å². The Morgan fingerprint density at radius 3 is 2.43 bits per heavy atom. The van der Waals surface area contributed by atoms with E-state index in [0.29, 0.717) is 4.90 Å². The Morgan fingerprint density at radius 2 is 1.76 bits per heavy atom. The van der Waals surface area contributed by atoms with Crippen molar-refractivity contribution in [3.63, 3.8) is 0 Å². The van der Waals surface area contributed by atoms with E-state index in [1.54, 1.807) is 6.07 Å². The van der Waals surface area contributed by atoms with Crippen molar-refractivity contribution in [3.8, 4) is 0 Å². The van der Waals surface area contributed by atoms with Gasteiger partial charge < -0.3 is 0 Å². The number of benzene rings is 2. The highest BCUT2D eigenvalue weighted by atomic mass is 79.9. The van der Waals surface area contributed by atoms with E-state index in [1.807, 2.05) is 50.2 Å². The summed E-state index contributed by atoms with van der Waals surface area (Å²) in [6, 6.07) is 13.2. The molecule has 2 rings (SSSR count). The van der Waals surface area contributed by atoms with Crippen molar-refractivity contribution in [1.82, 2.24) is 4.72 Å². The minimum Gasteiger partial charge on any atom is -0.207 e. The van der Waals surface area contributed by atoms with Gasteiger partial charge in [-0.1, -0.05) is 57.9 Å². The second-order valence-electron chi connectivity index (χ2n) is 5.05. The van der Waals surface area contributed by atoms with Gasteiger partial charge in [0.15, 0.2) is 0 Å². The zero-order valence-corrected chi connectivity index (χ0v) is 14.5. The molecule has 0 atom stereocenters. The molecule has 0 amide bonds. The quantitative estimate of drug-likeness (QED) is 0.819. The van der Waals surface area contributed by atoms with Crippen LogP contribution in [0.4, 0.5) is 0 Å². The van der Waals surface area contributed by atoms with Gasteiger partial charge in [0.25, 0.3) is 0 Å². The van der Waals surface area contributed by atoms with Crippen LogP contribution in [0, 0.1) is 13.8 Å². The fraction of sp³-hybridized carbons (Fsp3) is 0.250. The highest BCUT2D eigenvalue weighted by molar-refractivity contribution is 9.08. The van der Waals surface area contributed by atoms with E-state index >= 15 is 0 Å². The van der Waals surface area contributed by atoms with Crippen LogP contribution in [0.5, 0.6) is 0 Å². The van der Waals surface area contributed by atoms with Crippen LogP contribution in [-0.4, -0.2) is 8.42 Å². The van der Waals surface area contributed by atoms with Crippen molar-refractivity contribution < 1.29 is 8.42 Å². The molecular formula is C16H18BrNO2S. The maximum Gasteiger partial charge on any atom is 0.241 e. The normalized spacial score (nSPS) is 11.6. The molecule has 0 aromatic heterocycles. The molecule has 0 aliphatic heterocycles. The van der Waals surface area contributed by atoms with E-state index < -0.39 is 10.0 Å². The highest BCUT2D eigenvalue weighted by Gasteiger charge is 2.16. The molecular weight excluding hydrogens is 350 g/mol. The van der Waals surface area contributed by atoms with Gasteiger partial charge in [0.1, 0.15) is 0 Å². The van der Waals surface area contributed by atoms with Crippen molar-refractivity contribution in [2.24, 2.45) is 0 Å². The molecule has 3 nitrogen and oxygen atoms in total. The molecule has 5 heteroatoms. The first-order chi connectivity index (χ1) is 9.92. The number of sulfonamides is 1. The van der Waals surface area contributed by atoms with Crippen molar-refractivity contribution in [2.45, 2.75) is 30.6 Å². The van der Waals surface area contributed by atoms with Crippen LogP contribution in [0.3, 0.4) is 0 Å². The Balaban J connectivity index is 2.17. The van der Waals surface area contributed by atoms with Gasteiger partial charge in [0.2, 0.25) is 10.0 Å². The first-order valence-electron chi connectivity index (χ1n) is 6.63. The number of halogens is 1. The van der Waals surface area contributed by atoms with Gasteiger partial charge in [-0.25, -0.2) is 13.1 Å². The monoisotopic (exact) mass is 367 g/mol. The van der Waals surface area contributed by atoms with Crippen LogP contribution < -0.4 is 4.72 Å². The lowest BCUT2D eigenvalue weighted by molar-refractivity contribution is 0.580. The van der Waals surface area contributed by atoms with Crippen molar-refractivity contribution in [3.05, 3.63) is 64.7 Å². The maximum atomic E-state index is 12.4. The van der Waals surface area contributed by atoms with Gasteiger partial charge in [-0.3, -0.25) is 0 Å². The van der Waals surface area contributed by atoms with Crippen LogP contribution in [-0.2, 0) is 21.9 Å². The molecule has 0 aliphatic rings. The summed E-state index contributed by atoms with van der Waals surface area (Å²) in [5, 5.41) is 0.755. The smallest absolute Gasteiger partial charge is 0.207 e. The standard InChI is InChI=1S/C16H18BrNO2S/c1-12-6-7-16(13(2)8-12)21(19,20)18-11-15-5-3-4-14(9-15)10-17/h3-9,18H,10-11H2,1-2H3. The van der Waals surface area contributed by atoms with Crippen molar-refractivity contribution >= 4 is 26.0 Å². The van der Waals surface area contributed by atoms with E-state index in [9.17, 15) is 8.42 Å². The van der Waals surface area contributed by atoms with E-state index in [-0.39, 0.29) is 6.54 Å². The summed E-state index contributed by atoms with van der Waals surface area (Å²) in [6.45, 7) is 4.05. The van der Waals surface area contributed by atoms with Crippen LogP contribution >= 0.6 is 15.9 Å². The fourth-order valence-corrected chi connectivity index (χ4v) is 3.77. The van der Waals surface area contributed by atoms with Crippen LogP contribution in [0.2, 0.25) is 0 Å². The Morgan fingerprint density at radius 1 is 1.05 bits per heavy atom. The molecule has 0 bridgehead atoms. The second-order valence-corrected chi connectivity index (χ2v) is 7.34. The third-order valence-electron chi connectivity index (χ3n) is 3.23. The van der Waals surface area contributed by atoms with E-state index in [0.717, 1.165) is 27.6 Å². The summed E-state index contributed by atoms with van der Waals surface area (Å²) >= 11 is 3.40. The number of rotatable bonds is 5. The topological polar surface area (TPSA) is 46.2 Å². The molecule has 0 saturated heterocycles. The summed E-state index contributed by atoms with van der Waals surface area (Å²) in [4.78, 5) is 0.338. The molecule has 0 heterocycles. The largest absolute Gasteiger partial charge is 0.241 e. The molecule has 0 unspecified atom stereocenters. The fourth-order valence-electron chi connectivity index (χ4n) is 2.18. The minimum absolute atomic E-state index is 0.288. The molecule has 0 saturated carbocycles. The van der Waals surface area contributed by atoms with Crippen LogP contribution in [0.1, 0.15) is 22.3 Å². The summed E-state index contributed by atoms with van der Waals surface area (Å²) < 4.78 is 27.4. The third kappa shape index (κ3) is 4.15. The molecule has 2 aromatic rings. The summed E-state index contributed by atoms with van der Waals surface area (Å²) in [5.41, 5.74) is 3.88. The first kappa shape index (κ1) is 16.2. The van der Waals surface area contributed by atoms with Crippen molar-refractivity contribution in [1.29, 1.82) is 0 Å². The summed E-state index contributed by atoms with van der Waals surface area (Å²) in [5.74, 6) is 0. The lowest BCUT2D eigenvalue weighted by atomic mass is 10.1. The minimum atomic E-state index is -3.49. The highest BCUT2D eigenvalue weighted by Crippen LogP contribution is 2.17. The zero-order valence-electron chi connectivity index (χ0n) is 12.1. The van der Waals surface area contributed by atoms with E-state index in [4.69, 9.17) is 0 Å². The number of alkyl halides is 1. The maximum absolute atomic E-state index is 12.4.